The number of halogens is 1. The van der Waals surface area contributed by atoms with Gasteiger partial charge in [-0.2, -0.15) is 5.10 Å². The first-order valence-electron chi connectivity index (χ1n) is 14.7. The number of likely N-dealkylation sites (tertiary alicyclic amines) is 1. The Balaban J connectivity index is 0.964. The molecular formula is C31H28FN9O2. The monoisotopic (exact) mass is 577 g/mol. The van der Waals surface area contributed by atoms with Crippen LogP contribution in [0.15, 0.2) is 55.2 Å². The van der Waals surface area contributed by atoms with E-state index in [-0.39, 0.29) is 17.1 Å². The van der Waals surface area contributed by atoms with Crippen LogP contribution < -0.4 is 15.0 Å². The fourth-order valence-corrected chi connectivity index (χ4v) is 6.92. The molecule has 43 heavy (non-hydrogen) atoms. The second-order valence-corrected chi connectivity index (χ2v) is 12.2. The number of benzene rings is 1. The molecule has 2 aliphatic carbocycles. The second-order valence-electron chi connectivity index (χ2n) is 12.2. The van der Waals surface area contributed by atoms with Crippen molar-refractivity contribution in [3.05, 3.63) is 66.6 Å². The van der Waals surface area contributed by atoms with Crippen LogP contribution in [-0.2, 0) is 4.79 Å². The van der Waals surface area contributed by atoms with Gasteiger partial charge in [-0.3, -0.25) is 4.79 Å². The van der Waals surface area contributed by atoms with Crippen LogP contribution in [0.25, 0.3) is 16.7 Å². The number of pyridine rings is 2. The summed E-state index contributed by atoms with van der Waals surface area (Å²) in [6, 6.07) is 11.0. The Kier molecular flexibility index (Phi) is 5.07. The summed E-state index contributed by atoms with van der Waals surface area (Å²) in [6.07, 6.45) is 7.85. The fraction of sp³-hybridized carbons (Fsp3) is 0.355. The van der Waals surface area contributed by atoms with E-state index in [0.29, 0.717) is 57.3 Å². The van der Waals surface area contributed by atoms with Gasteiger partial charge in [0.1, 0.15) is 35.5 Å². The summed E-state index contributed by atoms with van der Waals surface area (Å²) in [6.45, 7) is 4.17. The number of amides is 1. The molecule has 4 aromatic heterocycles. The third kappa shape index (κ3) is 3.85. The standard InChI is InChI=1S/C31H28FN9O2/c1-17-24(43-20-7-9-41-26(10-20)34-16-36-41)4-2-21(27(17)32)37-29-28-22(33-15-35-29)3-5-25(38-28)39-13-18-6-8-40(23(18)14-39)30(42)31-11-19(31)12-31/h2-5,7,9-10,15-16,18-19,23H,6,8,11-14H2,1H3,(H,33,35,37). The second kappa shape index (κ2) is 8.82. The molecule has 5 aromatic rings. The average molecular weight is 578 g/mol. The molecule has 0 spiro atoms. The lowest BCUT2D eigenvalue weighted by molar-refractivity contribution is -0.135. The normalized spacial score (nSPS) is 25.2. The molecule has 2 atom stereocenters. The molecule has 4 fully saturated rings. The van der Waals surface area contributed by atoms with Crippen LogP contribution in [0.4, 0.5) is 21.7 Å². The molecule has 1 aromatic carbocycles. The molecule has 2 saturated heterocycles. The van der Waals surface area contributed by atoms with Crippen molar-refractivity contribution in [2.75, 3.05) is 29.9 Å². The number of rotatable bonds is 6. The highest BCUT2D eigenvalue weighted by atomic mass is 19.1. The smallest absolute Gasteiger partial charge is 0.229 e. The lowest BCUT2D eigenvalue weighted by atomic mass is 10.0. The minimum absolute atomic E-state index is 0.00568. The molecule has 6 heterocycles. The highest BCUT2D eigenvalue weighted by Crippen LogP contribution is 2.76. The Morgan fingerprint density at radius 3 is 2.84 bits per heavy atom. The van der Waals surface area contributed by atoms with E-state index >= 15 is 4.39 Å². The highest BCUT2D eigenvalue weighted by Gasteiger charge is 2.75. The van der Waals surface area contributed by atoms with Crippen molar-refractivity contribution in [3.63, 3.8) is 0 Å². The minimum atomic E-state index is -0.450. The third-order valence-corrected chi connectivity index (χ3v) is 9.78. The van der Waals surface area contributed by atoms with Crippen LogP contribution in [0.3, 0.4) is 0 Å². The summed E-state index contributed by atoms with van der Waals surface area (Å²) in [7, 11) is 0. The maximum Gasteiger partial charge on any atom is 0.229 e. The van der Waals surface area contributed by atoms with Crippen LogP contribution in [0.1, 0.15) is 24.8 Å². The van der Waals surface area contributed by atoms with Crippen LogP contribution in [0.5, 0.6) is 11.5 Å². The Morgan fingerprint density at radius 2 is 1.98 bits per heavy atom. The Labute approximate surface area is 245 Å². The van der Waals surface area contributed by atoms with Gasteiger partial charge in [0.05, 0.1) is 22.7 Å². The minimum Gasteiger partial charge on any atom is -0.457 e. The molecule has 1 amide bonds. The molecule has 12 heteroatoms. The number of aromatic nitrogens is 6. The van der Waals surface area contributed by atoms with Crippen molar-refractivity contribution in [2.24, 2.45) is 17.3 Å². The van der Waals surface area contributed by atoms with E-state index < -0.39 is 5.82 Å². The van der Waals surface area contributed by atoms with Crippen molar-refractivity contribution in [1.29, 1.82) is 0 Å². The number of ether oxygens (including phenoxy) is 1. The van der Waals surface area contributed by atoms with Gasteiger partial charge in [0.25, 0.3) is 0 Å². The number of hydrogen-bond donors (Lipinski definition) is 1. The Bertz CT molecular complexity index is 1960. The lowest BCUT2D eigenvalue weighted by Gasteiger charge is -2.26. The molecule has 0 bridgehead atoms. The number of hydrogen-bond acceptors (Lipinski definition) is 9. The van der Waals surface area contributed by atoms with Crippen molar-refractivity contribution in [3.8, 4) is 11.5 Å². The maximum atomic E-state index is 15.6. The van der Waals surface area contributed by atoms with Crippen molar-refractivity contribution in [2.45, 2.75) is 32.2 Å². The molecule has 216 valence electrons. The molecule has 2 unspecified atom stereocenters. The SMILES string of the molecule is Cc1c(Oc2ccn3ncnc3c2)ccc(Nc2ncnc3ccc(N4CC5CCN(C(=O)C67CC6C7)C5C4)nc23)c1F. The van der Waals surface area contributed by atoms with Gasteiger partial charge in [-0.05, 0) is 62.4 Å². The first-order chi connectivity index (χ1) is 21.0. The van der Waals surface area contributed by atoms with Crippen molar-refractivity contribution >= 4 is 39.9 Å². The Hall–Kier alpha value is -4.87. The van der Waals surface area contributed by atoms with E-state index in [2.05, 4.69) is 35.2 Å². The van der Waals surface area contributed by atoms with Gasteiger partial charge in [0.2, 0.25) is 5.91 Å². The number of nitrogens with one attached hydrogen (secondary N) is 1. The van der Waals surface area contributed by atoms with Gasteiger partial charge < -0.3 is 19.9 Å². The van der Waals surface area contributed by atoms with Gasteiger partial charge in [0.15, 0.2) is 17.3 Å². The molecular weight excluding hydrogens is 549 g/mol. The van der Waals surface area contributed by atoms with Gasteiger partial charge in [0, 0.05) is 43.4 Å². The molecule has 9 rings (SSSR count). The predicted molar refractivity (Wildman–Crippen MR) is 156 cm³/mol. The number of carbonyl (C=O) groups is 1. The van der Waals surface area contributed by atoms with Crippen LogP contribution >= 0.6 is 0 Å². The van der Waals surface area contributed by atoms with E-state index in [9.17, 15) is 4.79 Å². The van der Waals surface area contributed by atoms with Gasteiger partial charge >= 0.3 is 0 Å². The average Bonchev–Trinajstić information content (AvgIpc) is 3.63. The first kappa shape index (κ1) is 24.7. The fourth-order valence-electron chi connectivity index (χ4n) is 6.92. The number of fused-ring (bicyclic) bond motifs is 4. The van der Waals surface area contributed by atoms with Crippen LogP contribution in [0, 0.1) is 30.0 Å². The summed E-state index contributed by atoms with van der Waals surface area (Å²) in [4.78, 5) is 35.5. The lowest BCUT2D eigenvalue weighted by Crippen LogP contribution is -2.42. The van der Waals surface area contributed by atoms with E-state index in [1.54, 1.807) is 41.9 Å². The molecule has 2 aliphatic heterocycles. The molecule has 2 saturated carbocycles. The van der Waals surface area contributed by atoms with E-state index in [0.717, 1.165) is 44.7 Å². The topological polar surface area (TPSA) is 114 Å². The van der Waals surface area contributed by atoms with E-state index in [1.807, 2.05) is 12.1 Å². The summed E-state index contributed by atoms with van der Waals surface area (Å²) in [5.41, 5.74) is 2.46. The summed E-state index contributed by atoms with van der Waals surface area (Å²) < 4.78 is 23.2. The summed E-state index contributed by atoms with van der Waals surface area (Å²) in [5, 5.41) is 7.22. The largest absolute Gasteiger partial charge is 0.457 e. The zero-order valence-corrected chi connectivity index (χ0v) is 23.4. The predicted octanol–water partition coefficient (Wildman–Crippen LogP) is 4.50. The maximum absolute atomic E-state index is 15.6. The molecule has 4 aliphatic rings. The third-order valence-electron chi connectivity index (χ3n) is 9.78. The van der Waals surface area contributed by atoms with Crippen LogP contribution in [-0.4, -0.2) is 66.0 Å². The highest BCUT2D eigenvalue weighted by molar-refractivity contribution is 5.91. The zero-order valence-electron chi connectivity index (χ0n) is 23.4. The number of nitrogens with zero attached hydrogens (tertiary/aromatic N) is 8. The Morgan fingerprint density at radius 1 is 1.09 bits per heavy atom. The van der Waals surface area contributed by atoms with Gasteiger partial charge in [-0.25, -0.2) is 28.8 Å². The van der Waals surface area contributed by atoms with Gasteiger partial charge in [-0.15, -0.1) is 0 Å². The van der Waals surface area contributed by atoms with E-state index in [1.165, 1.54) is 12.7 Å². The van der Waals surface area contributed by atoms with Crippen LogP contribution in [0.2, 0.25) is 0 Å². The van der Waals surface area contributed by atoms with E-state index in [4.69, 9.17) is 9.72 Å². The summed E-state index contributed by atoms with van der Waals surface area (Å²) in [5.74, 6) is 3.19. The summed E-state index contributed by atoms with van der Waals surface area (Å²) >= 11 is 0. The number of carbonyl (C=O) groups excluding carboxylic acids is 1. The van der Waals surface area contributed by atoms with Crippen molar-refractivity contribution in [1.82, 2.24) is 34.4 Å². The zero-order chi connectivity index (χ0) is 28.9. The van der Waals surface area contributed by atoms with Gasteiger partial charge in [-0.1, -0.05) is 0 Å². The molecule has 0 radical (unpaired) electrons. The molecule has 11 nitrogen and oxygen atoms in total. The quantitative estimate of drug-likeness (QED) is 0.312. The van der Waals surface area contributed by atoms with Crippen molar-refractivity contribution < 1.29 is 13.9 Å². The molecule has 1 N–H and O–H groups in total. The number of anilines is 3. The first-order valence-corrected chi connectivity index (χ1v) is 14.7.